The molecule has 0 radical (unpaired) electrons. The van der Waals surface area contributed by atoms with Crippen LogP contribution in [0.15, 0.2) is 64.2 Å². The Hall–Kier alpha value is -1.44. The number of aryl methyl sites for hydroxylation is 1. The van der Waals surface area contributed by atoms with Gasteiger partial charge in [0, 0.05) is 11.1 Å². The molecule has 1 heterocycles. The van der Waals surface area contributed by atoms with Gasteiger partial charge in [-0.25, -0.2) is 8.42 Å². The molecule has 0 aliphatic heterocycles. The first-order valence-corrected chi connectivity index (χ1v) is 7.94. The summed E-state index contributed by atoms with van der Waals surface area (Å²) in [7, 11) is -4.45. The fourth-order valence-electron chi connectivity index (χ4n) is 2.24. The van der Waals surface area contributed by atoms with Gasteiger partial charge in [-0.15, -0.1) is 0 Å². The molecule has 0 spiro atoms. The van der Waals surface area contributed by atoms with Gasteiger partial charge in [0.05, 0.1) is 4.90 Å². The van der Waals surface area contributed by atoms with Crippen molar-refractivity contribution in [3.05, 3.63) is 60.4 Å². The van der Waals surface area contributed by atoms with Crippen molar-refractivity contribution in [2.75, 3.05) is 0 Å². The number of hydrogen-bond acceptors (Lipinski definition) is 5. The van der Waals surface area contributed by atoms with Gasteiger partial charge < -0.3 is 9.08 Å². The second-order valence-electron chi connectivity index (χ2n) is 4.92. The Balaban J connectivity index is 0.00000192. The molecule has 0 N–H and O–H groups in total. The van der Waals surface area contributed by atoms with Crippen LogP contribution >= 0.6 is 0 Å². The van der Waals surface area contributed by atoms with E-state index in [1.54, 1.807) is 12.1 Å². The summed E-state index contributed by atoms with van der Waals surface area (Å²) in [5.41, 5.74) is 4.13. The van der Waals surface area contributed by atoms with Gasteiger partial charge in [-0.3, -0.25) is 0 Å². The van der Waals surface area contributed by atoms with E-state index in [1.165, 1.54) is 18.4 Å². The molecule has 0 bridgehead atoms. The maximum absolute atomic E-state index is 11.0. The first-order chi connectivity index (χ1) is 10.4. The zero-order chi connectivity index (χ0) is 15.7. The van der Waals surface area contributed by atoms with Crippen molar-refractivity contribution in [3.8, 4) is 22.4 Å². The van der Waals surface area contributed by atoms with Crippen LogP contribution in [0.5, 0.6) is 0 Å². The first-order valence-electron chi connectivity index (χ1n) is 6.53. The van der Waals surface area contributed by atoms with E-state index < -0.39 is 10.1 Å². The van der Waals surface area contributed by atoms with Crippen molar-refractivity contribution < 1.29 is 47.1 Å². The summed E-state index contributed by atoms with van der Waals surface area (Å²) >= 11 is 0. The summed E-state index contributed by atoms with van der Waals surface area (Å²) in [5.74, 6) is 0. The van der Waals surface area contributed by atoms with Gasteiger partial charge in [0.25, 0.3) is 0 Å². The Morgan fingerprint density at radius 2 is 1.74 bits per heavy atom. The van der Waals surface area contributed by atoms with Gasteiger partial charge in [0.2, 0.25) is 0 Å². The third kappa shape index (κ3) is 3.91. The summed E-state index contributed by atoms with van der Waals surface area (Å²) in [6.07, 6.45) is 1.50. The van der Waals surface area contributed by atoms with E-state index in [0.29, 0.717) is 5.69 Å². The van der Waals surface area contributed by atoms with E-state index in [1.807, 2.05) is 31.2 Å². The van der Waals surface area contributed by atoms with E-state index in [9.17, 15) is 13.0 Å². The number of aromatic nitrogens is 1. The molecule has 0 saturated heterocycles. The molecule has 23 heavy (non-hydrogen) atoms. The van der Waals surface area contributed by atoms with E-state index in [-0.39, 0.29) is 34.5 Å². The van der Waals surface area contributed by atoms with Crippen molar-refractivity contribution in [2.45, 2.75) is 11.8 Å². The Labute approximate surface area is 156 Å². The molecular formula is C16H12NNaO4S. The molecule has 5 nitrogen and oxygen atoms in total. The Morgan fingerprint density at radius 3 is 2.35 bits per heavy atom. The summed E-state index contributed by atoms with van der Waals surface area (Å²) in [5, 5.41) is 4.02. The van der Waals surface area contributed by atoms with Crippen molar-refractivity contribution in [2.24, 2.45) is 0 Å². The van der Waals surface area contributed by atoms with E-state index in [0.717, 1.165) is 22.3 Å². The number of nitrogens with zero attached hydrogens (tertiary/aromatic N) is 1. The van der Waals surface area contributed by atoms with Crippen molar-refractivity contribution >= 4 is 10.1 Å². The molecule has 7 heteroatoms. The number of hydrogen-bond donors (Lipinski definition) is 0. The minimum atomic E-state index is -4.45. The SMILES string of the molecule is Cc1cccc(-c2nocc2-c2ccc(S(=O)(=O)[O-])cc2)c1.[Na+]. The second kappa shape index (κ2) is 6.98. The van der Waals surface area contributed by atoms with Crippen molar-refractivity contribution in [3.63, 3.8) is 0 Å². The van der Waals surface area contributed by atoms with Gasteiger partial charge in [0.15, 0.2) is 0 Å². The smallest absolute Gasteiger partial charge is 0.744 e. The zero-order valence-corrected chi connectivity index (χ0v) is 15.5. The van der Waals surface area contributed by atoms with Gasteiger partial charge >= 0.3 is 29.6 Å². The number of benzene rings is 2. The van der Waals surface area contributed by atoms with Crippen molar-refractivity contribution in [1.29, 1.82) is 0 Å². The maximum Gasteiger partial charge on any atom is 1.00 e. The van der Waals surface area contributed by atoms with Crippen LogP contribution in [0.1, 0.15) is 5.56 Å². The third-order valence-corrected chi connectivity index (χ3v) is 4.16. The van der Waals surface area contributed by atoms with Crippen LogP contribution in [0.3, 0.4) is 0 Å². The molecule has 0 aliphatic carbocycles. The molecule has 0 unspecified atom stereocenters. The van der Waals surface area contributed by atoms with Gasteiger partial charge in [-0.2, -0.15) is 0 Å². The molecule has 0 fully saturated rings. The fourth-order valence-corrected chi connectivity index (χ4v) is 2.71. The van der Waals surface area contributed by atoms with Crippen LogP contribution in [0.2, 0.25) is 0 Å². The molecule has 1 aromatic heterocycles. The largest absolute Gasteiger partial charge is 1.00 e. The molecule has 112 valence electrons. The maximum atomic E-state index is 11.0. The molecule has 0 saturated carbocycles. The zero-order valence-electron chi connectivity index (χ0n) is 12.7. The standard InChI is InChI=1S/C16H13NO4S.Na/c1-11-3-2-4-13(9-11)16-15(10-21-17-16)12-5-7-14(8-6-12)22(18,19)20;/h2-10H,1H3,(H,18,19,20);/q;+1/p-1. The molecule has 0 atom stereocenters. The predicted molar refractivity (Wildman–Crippen MR) is 80.1 cm³/mol. The topological polar surface area (TPSA) is 83.2 Å². The summed E-state index contributed by atoms with van der Waals surface area (Å²) < 4.78 is 38.0. The molecule has 3 rings (SSSR count). The van der Waals surface area contributed by atoms with E-state index in [2.05, 4.69) is 5.16 Å². The van der Waals surface area contributed by atoms with Crippen LogP contribution < -0.4 is 29.6 Å². The molecular weight excluding hydrogens is 325 g/mol. The van der Waals surface area contributed by atoms with Gasteiger partial charge in [0.1, 0.15) is 22.1 Å². The predicted octanol–water partition coefficient (Wildman–Crippen LogP) is 0.225. The Morgan fingerprint density at radius 1 is 1.04 bits per heavy atom. The molecule has 0 amide bonds. The van der Waals surface area contributed by atoms with Crippen LogP contribution in [0.25, 0.3) is 22.4 Å². The Bertz CT molecular complexity index is 917. The van der Waals surface area contributed by atoms with Crippen molar-refractivity contribution in [1.82, 2.24) is 5.16 Å². The van der Waals surface area contributed by atoms with Crippen LogP contribution in [-0.2, 0) is 10.1 Å². The van der Waals surface area contributed by atoms with Crippen LogP contribution in [-0.4, -0.2) is 18.1 Å². The van der Waals surface area contributed by atoms with E-state index in [4.69, 9.17) is 4.52 Å². The van der Waals surface area contributed by atoms with Crippen LogP contribution in [0, 0.1) is 6.92 Å². The third-order valence-electron chi connectivity index (χ3n) is 3.32. The second-order valence-corrected chi connectivity index (χ2v) is 6.30. The monoisotopic (exact) mass is 337 g/mol. The quantitative estimate of drug-likeness (QED) is 0.504. The first kappa shape index (κ1) is 17.9. The molecule has 2 aromatic carbocycles. The Kier molecular flexibility index (Phi) is 5.44. The van der Waals surface area contributed by atoms with Crippen LogP contribution in [0.4, 0.5) is 0 Å². The van der Waals surface area contributed by atoms with E-state index >= 15 is 0 Å². The normalized spacial score (nSPS) is 11.0. The van der Waals surface area contributed by atoms with Gasteiger partial charge in [-0.1, -0.05) is 41.1 Å². The summed E-state index contributed by atoms with van der Waals surface area (Å²) in [6.45, 7) is 1.98. The fraction of sp³-hybridized carbons (Fsp3) is 0.0625. The molecule has 3 aromatic rings. The summed E-state index contributed by atoms with van der Waals surface area (Å²) in [4.78, 5) is -0.259. The minimum Gasteiger partial charge on any atom is -0.744 e. The average molecular weight is 337 g/mol. The average Bonchev–Trinajstić information content (AvgIpc) is 2.96. The minimum absolute atomic E-state index is 0. The number of rotatable bonds is 3. The molecule has 0 aliphatic rings. The van der Waals surface area contributed by atoms with Gasteiger partial charge in [-0.05, 0) is 30.7 Å². The summed E-state index contributed by atoms with van der Waals surface area (Å²) in [6, 6.07) is 13.5.